The standard InChI is InChI=1S/C26H14N4/c1-2-6-20-19(5-1)27-23-11-15-9-17-13-25-26(30-22-8-4-3-7-21(22)29-25)14-18(17)10-16(15)12-24(23)28-20/h1-14H. The monoisotopic (exact) mass is 382 g/mol. The highest BCUT2D eigenvalue weighted by Crippen LogP contribution is 2.29. The first-order valence-corrected chi connectivity index (χ1v) is 9.91. The molecule has 4 nitrogen and oxygen atoms in total. The highest BCUT2D eigenvalue weighted by molar-refractivity contribution is 6.07. The molecule has 0 aliphatic carbocycles. The molecule has 0 unspecified atom stereocenters. The number of rotatable bonds is 0. The number of hydrogen-bond donors (Lipinski definition) is 0. The molecule has 0 saturated heterocycles. The van der Waals surface area contributed by atoms with E-state index in [1.165, 1.54) is 0 Å². The second-order valence-electron chi connectivity index (χ2n) is 7.65. The third-order valence-electron chi connectivity index (χ3n) is 5.71. The lowest BCUT2D eigenvalue weighted by molar-refractivity contribution is 1.40. The van der Waals surface area contributed by atoms with Crippen molar-refractivity contribution < 1.29 is 0 Å². The van der Waals surface area contributed by atoms with E-state index >= 15 is 0 Å². The molecular weight excluding hydrogens is 368 g/mol. The van der Waals surface area contributed by atoms with Crippen LogP contribution in [0.1, 0.15) is 0 Å². The van der Waals surface area contributed by atoms with E-state index in [1.807, 2.05) is 48.5 Å². The summed E-state index contributed by atoms with van der Waals surface area (Å²) in [5, 5.41) is 4.58. The van der Waals surface area contributed by atoms with E-state index in [0.29, 0.717) is 0 Å². The van der Waals surface area contributed by atoms with Gasteiger partial charge in [-0.05, 0) is 82.2 Å². The average molecular weight is 382 g/mol. The molecule has 0 fully saturated rings. The van der Waals surface area contributed by atoms with Gasteiger partial charge >= 0.3 is 0 Å². The number of aromatic nitrogens is 4. The zero-order valence-corrected chi connectivity index (χ0v) is 15.9. The van der Waals surface area contributed by atoms with Crippen LogP contribution in [0.3, 0.4) is 0 Å². The Bertz CT molecular complexity index is 1540. The summed E-state index contributed by atoms with van der Waals surface area (Å²) in [7, 11) is 0. The predicted molar refractivity (Wildman–Crippen MR) is 123 cm³/mol. The van der Waals surface area contributed by atoms with E-state index in [2.05, 4.69) is 36.4 Å². The van der Waals surface area contributed by atoms with Gasteiger partial charge in [0.2, 0.25) is 0 Å². The van der Waals surface area contributed by atoms with Gasteiger partial charge in [-0.2, -0.15) is 0 Å². The minimum atomic E-state index is 0.909. The van der Waals surface area contributed by atoms with Gasteiger partial charge in [0.05, 0.1) is 44.1 Å². The Morgan fingerprint density at radius 2 is 0.567 bits per heavy atom. The van der Waals surface area contributed by atoms with Crippen molar-refractivity contribution >= 4 is 65.7 Å². The van der Waals surface area contributed by atoms with E-state index in [0.717, 1.165) is 65.7 Å². The van der Waals surface area contributed by atoms with Crippen LogP contribution in [0.4, 0.5) is 0 Å². The molecule has 30 heavy (non-hydrogen) atoms. The van der Waals surface area contributed by atoms with Crippen molar-refractivity contribution in [1.82, 2.24) is 19.9 Å². The average Bonchev–Trinajstić information content (AvgIpc) is 2.77. The summed E-state index contributed by atoms with van der Waals surface area (Å²) in [4.78, 5) is 19.2. The van der Waals surface area contributed by atoms with E-state index in [9.17, 15) is 0 Å². The molecule has 0 amide bonds. The van der Waals surface area contributed by atoms with Crippen molar-refractivity contribution in [3.8, 4) is 0 Å². The van der Waals surface area contributed by atoms with Crippen molar-refractivity contribution in [1.29, 1.82) is 0 Å². The summed E-state index contributed by atoms with van der Waals surface area (Å²) in [5.41, 5.74) is 7.30. The Labute approximate surface area is 170 Å². The molecule has 5 aromatic carbocycles. The van der Waals surface area contributed by atoms with E-state index in [4.69, 9.17) is 19.9 Å². The fourth-order valence-corrected chi connectivity index (χ4v) is 4.24. The van der Waals surface area contributed by atoms with Gasteiger partial charge in [0.15, 0.2) is 0 Å². The zero-order valence-electron chi connectivity index (χ0n) is 15.9. The fraction of sp³-hybridized carbons (Fsp3) is 0. The summed E-state index contributed by atoms with van der Waals surface area (Å²) in [6, 6.07) is 28.9. The second-order valence-corrected chi connectivity index (χ2v) is 7.65. The maximum absolute atomic E-state index is 4.81. The lowest BCUT2D eigenvalue weighted by Crippen LogP contribution is -1.89. The lowest BCUT2D eigenvalue weighted by atomic mass is 10.0. The van der Waals surface area contributed by atoms with Gasteiger partial charge in [-0.15, -0.1) is 0 Å². The van der Waals surface area contributed by atoms with Crippen molar-refractivity contribution in [2.45, 2.75) is 0 Å². The molecule has 0 saturated carbocycles. The summed E-state index contributed by atoms with van der Waals surface area (Å²) < 4.78 is 0. The summed E-state index contributed by atoms with van der Waals surface area (Å²) >= 11 is 0. The maximum Gasteiger partial charge on any atom is 0.0901 e. The largest absolute Gasteiger partial charge is 0.244 e. The molecule has 0 aliphatic rings. The van der Waals surface area contributed by atoms with Gasteiger partial charge < -0.3 is 0 Å². The molecule has 0 atom stereocenters. The molecule has 0 radical (unpaired) electrons. The van der Waals surface area contributed by atoms with Crippen LogP contribution in [0, 0.1) is 0 Å². The quantitative estimate of drug-likeness (QED) is 0.294. The molecule has 0 N–H and O–H groups in total. The first kappa shape index (κ1) is 15.7. The van der Waals surface area contributed by atoms with Crippen LogP contribution in [-0.4, -0.2) is 19.9 Å². The van der Waals surface area contributed by atoms with Gasteiger partial charge in [0.1, 0.15) is 0 Å². The van der Waals surface area contributed by atoms with Crippen molar-refractivity contribution in [3.05, 3.63) is 84.9 Å². The van der Waals surface area contributed by atoms with Crippen LogP contribution >= 0.6 is 0 Å². The minimum Gasteiger partial charge on any atom is -0.244 e. The molecule has 7 aromatic rings. The first-order chi connectivity index (χ1) is 14.8. The Kier molecular flexibility index (Phi) is 2.97. The summed E-state index contributed by atoms with van der Waals surface area (Å²) in [6.45, 7) is 0. The molecule has 0 spiro atoms. The first-order valence-electron chi connectivity index (χ1n) is 9.91. The van der Waals surface area contributed by atoms with Gasteiger partial charge in [-0.25, -0.2) is 19.9 Å². The van der Waals surface area contributed by atoms with Crippen molar-refractivity contribution in [2.75, 3.05) is 0 Å². The Hall–Kier alpha value is -4.18. The Morgan fingerprint density at radius 3 is 0.833 bits per heavy atom. The molecule has 138 valence electrons. The lowest BCUT2D eigenvalue weighted by Gasteiger charge is -2.07. The smallest absolute Gasteiger partial charge is 0.0901 e. The number of hydrogen-bond acceptors (Lipinski definition) is 4. The van der Waals surface area contributed by atoms with Crippen molar-refractivity contribution in [2.24, 2.45) is 0 Å². The van der Waals surface area contributed by atoms with Gasteiger partial charge in [-0.3, -0.25) is 0 Å². The van der Waals surface area contributed by atoms with Crippen LogP contribution in [0.15, 0.2) is 84.9 Å². The SMILES string of the molecule is c1ccc2nc3cc4cc5cc6nc7ccccc7nc6cc5cc4cc3nc2c1. The molecule has 2 aromatic heterocycles. The third-order valence-corrected chi connectivity index (χ3v) is 5.71. The highest BCUT2D eigenvalue weighted by Gasteiger charge is 2.08. The van der Waals surface area contributed by atoms with Gasteiger partial charge in [0, 0.05) is 0 Å². The topological polar surface area (TPSA) is 51.6 Å². The molecule has 0 bridgehead atoms. The molecular formula is C26H14N4. The number of fused-ring (bicyclic) bond motifs is 6. The number of nitrogens with zero attached hydrogens (tertiary/aromatic N) is 4. The fourth-order valence-electron chi connectivity index (χ4n) is 4.24. The molecule has 7 rings (SSSR count). The van der Waals surface area contributed by atoms with Crippen LogP contribution < -0.4 is 0 Å². The van der Waals surface area contributed by atoms with Crippen LogP contribution in [0.5, 0.6) is 0 Å². The third kappa shape index (κ3) is 2.28. The van der Waals surface area contributed by atoms with Crippen LogP contribution in [0.25, 0.3) is 65.7 Å². The number of para-hydroxylation sites is 4. The second kappa shape index (κ2) is 5.67. The van der Waals surface area contributed by atoms with E-state index in [-0.39, 0.29) is 0 Å². The molecule has 4 heteroatoms. The maximum atomic E-state index is 4.81. The minimum absolute atomic E-state index is 0.909. The Morgan fingerprint density at radius 1 is 0.300 bits per heavy atom. The Balaban J connectivity index is 1.54. The van der Waals surface area contributed by atoms with E-state index in [1.54, 1.807) is 0 Å². The zero-order chi connectivity index (χ0) is 19.7. The summed E-state index contributed by atoms with van der Waals surface area (Å²) in [5.74, 6) is 0. The molecule has 0 aliphatic heterocycles. The normalized spacial score (nSPS) is 12.0. The summed E-state index contributed by atoms with van der Waals surface area (Å²) in [6.07, 6.45) is 0. The van der Waals surface area contributed by atoms with Gasteiger partial charge in [0.25, 0.3) is 0 Å². The van der Waals surface area contributed by atoms with Crippen LogP contribution in [0.2, 0.25) is 0 Å². The highest BCUT2D eigenvalue weighted by atomic mass is 14.8. The van der Waals surface area contributed by atoms with Crippen molar-refractivity contribution in [3.63, 3.8) is 0 Å². The van der Waals surface area contributed by atoms with E-state index < -0.39 is 0 Å². The molecule has 2 heterocycles. The number of benzene rings is 5. The van der Waals surface area contributed by atoms with Gasteiger partial charge in [-0.1, -0.05) is 24.3 Å². The van der Waals surface area contributed by atoms with Crippen LogP contribution in [-0.2, 0) is 0 Å². The predicted octanol–water partition coefficient (Wildman–Crippen LogP) is 6.19.